The van der Waals surface area contributed by atoms with Gasteiger partial charge in [0, 0.05) is 10.3 Å². The number of benzene rings is 2. The van der Waals surface area contributed by atoms with E-state index >= 15 is 0 Å². The molecule has 106 valence electrons. The summed E-state index contributed by atoms with van der Waals surface area (Å²) in [7, 11) is 0. The van der Waals surface area contributed by atoms with Crippen molar-refractivity contribution >= 4 is 34.4 Å². The summed E-state index contributed by atoms with van der Waals surface area (Å²) < 4.78 is 0. The number of aromatic nitrogens is 2. The summed E-state index contributed by atoms with van der Waals surface area (Å²) >= 11 is 1.51. The lowest BCUT2D eigenvalue weighted by atomic mass is 10.2. The minimum atomic E-state index is -0.0576. The minimum Gasteiger partial charge on any atom is -0.308 e. The van der Waals surface area contributed by atoms with Crippen LogP contribution in [0.3, 0.4) is 0 Å². The van der Waals surface area contributed by atoms with Crippen LogP contribution in [-0.4, -0.2) is 21.9 Å². The summed E-state index contributed by atoms with van der Waals surface area (Å²) in [5.41, 5.74) is 2.13. The number of amides is 1. The van der Waals surface area contributed by atoms with Gasteiger partial charge in [-0.3, -0.25) is 9.89 Å². The Bertz CT molecular complexity index is 765. The second-order valence-electron chi connectivity index (χ2n) is 4.77. The number of hydrogen-bond acceptors (Lipinski definition) is 3. The molecule has 3 rings (SSSR count). The van der Waals surface area contributed by atoms with Crippen molar-refractivity contribution in [2.75, 3.05) is 11.1 Å². The summed E-state index contributed by atoms with van der Waals surface area (Å²) in [6.45, 7) is 2.05. The van der Waals surface area contributed by atoms with E-state index in [1.165, 1.54) is 17.3 Å². The van der Waals surface area contributed by atoms with Crippen LogP contribution in [0, 0.1) is 6.92 Å². The Morgan fingerprint density at radius 2 is 1.95 bits per heavy atom. The fourth-order valence-corrected chi connectivity index (χ4v) is 2.71. The number of thioether (sulfide) groups is 1. The molecule has 1 aromatic heterocycles. The Labute approximate surface area is 126 Å². The number of para-hydroxylation sites is 1. The Balaban J connectivity index is 1.62. The Morgan fingerprint density at radius 3 is 2.76 bits per heavy atom. The van der Waals surface area contributed by atoms with Crippen LogP contribution in [0.1, 0.15) is 5.56 Å². The third-order valence-electron chi connectivity index (χ3n) is 3.12. The number of anilines is 1. The molecule has 2 N–H and O–H groups in total. The van der Waals surface area contributed by atoms with Crippen LogP contribution in [0.2, 0.25) is 0 Å². The van der Waals surface area contributed by atoms with E-state index in [-0.39, 0.29) is 5.91 Å². The maximum absolute atomic E-state index is 12.0. The van der Waals surface area contributed by atoms with Gasteiger partial charge < -0.3 is 5.32 Å². The van der Waals surface area contributed by atoms with Gasteiger partial charge >= 0.3 is 0 Å². The second kappa shape index (κ2) is 6.01. The van der Waals surface area contributed by atoms with Gasteiger partial charge in [-0.1, -0.05) is 29.8 Å². The van der Waals surface area contributed by atoms with Crippen molar-refractivity contribution in [2.24, 2.45) is 0 Å². The predicted molar refractivity (Wildman–Crippen MR) is 86.6 cm³/mol. The van der Waals surface area contributed by atoms with Gasteiger partial charge in [0.15, 0.2) is 5.82 Å². The monoisotopic (exact) mass is 297 g/mol. The molecule has 1 amide bonds. The lowest BCUT2D eigenvalue weighted by molar-refractivity contribution is -0.113. The number of H-pyrrole nitrogens is 1. The average molecular weight is 297 g/mol. The Kier molecular flexibility index (Phi) is 3.92. The molecule has 3 aromatic rings. The van der Waals surface area contributed by atoms with E-state index < -0.39 is 0 Å². The van der Waals surface area contributed by atoms with E-state index in [0.717, 1.165) is 15.8 Å². The van der Waals surface area contributed by atoms with E-state index in [9.17, 15) is 4.79 Å². The number of carbonyl (C=O) groups is 1. The molecule has 0 atom stereocenters. The van der Waals surface area contributed by atoms with Crippen LogP contribution in [0.5, 0.6) is 0 Å². The highest BCUT2D eigenvalue weighted by atomic mass is 32.2. The molecule has 0 spiro atoms. The summed E-state index contributed by atoms with van der Waals surface area (Å²) in [5.74, 6) is 0.891. The molecule has 0 aliphatic heterocycles. The number of fused-ring (bicyclic) bond motifs is 1. The summed E-state index contributed by atoms with van der Waals surface area (Å²) in [6.07, 6.45) is 0. The van der Waals surface area contributed by atoms with Crippen molar-refractivity contribution in [3.63, 3.8) is 0 Å². The summed E-state index contributed by atoms with van der Waals surface area (Å²) in [6, 6.07) is 15.9. The molecule has 0 saturated heterocycles. The number of aryl methyl sites for hydroxylation is 1. The number of rotatable bonds is 4. The number of hydrogen-bond donors (Lipinski definition) is 2. The minimum absolute atomic E-state index is 0.0576. The first-order valence-corrected chi connectivity index (χ1v) is 7.63. The standard InChI is InChI=1S/C16H15N3OS/c1-11-6-8-12(9-7-11)21-10-15(20)17-16-13-4-2-3-5-14(13)18-19-16/h2-9H,10H2,1H3,(H2,17,18,19,20). The average Bonchev–Trinajstić information content (AvgIpc) is 2.90. The van der Waals surface area contributed by atoms with Crippen LogP contribution >= 0.6 is 11.8 Å². The fraction of sp³-hybridized carbons (Fsp3) is 0.125. The van der Waals surface area contributed by atoms with Gasteiger partial charge in [0.25, 0.3) is 0 Å². The van der Waals surface area contributed by atoms with Crippen molar-refractivity contribution in [3.8, 4) is 0 Å². The molecule has 4 nitrogen and oxygen atoms in total. The first-order valence-electron chi connectivity index (χ1n) is 6.65. The quantitative estimate of drug-likeness (QED) is 0.723. The van der Waals surface area contributed by atoms with Gasteiger partial charge in [0.1, 0.15) is 0 Å². The lowest BCUT2D eigenvalue weighted by Crippen LogP contribution is -2.14. The van der Waals surface area contributed by atoms with Gasteiger partial charge in [0.05, 0.1) is 11.3 Å². The molecule has 0 fully saturated rings. The highest BCUT2D eigenvalue weighted by Gasteiger charge is 2.09. The van der Waals surface area contributed by atoms with Crippen LogP contribution in [-0.2, 0) is 4.79 Å². The highest BCUT2D eigenvalue weighted by Crippen LogP contribution is 2.21. The van der Waals surface area contributed by atoms with Gasteiger partial charge in [-0.25, -0.2) is 0 Å². The van der Waals surface area contributed by atoms with Crippen LogP contribution in [0.15, 0.2) is 53.4 Å². The highest BCUT2D eigenvalue weighted by molar-refractivity contribution is 8.00. The van der Waals surface area contributed by atoms with Gasteiger partial charge in [-0.2, -0.15) is 5.10 Å². The Morgan fingerprint density at radius 1 is 1.19 bits per heavy atom. The molecule has 0 bridgehead atoms. The van der Waals surface area contributed by atoms with Crippen molar-refractivity contribution in [1.82, 2.24) is 10.2 Å². The normalized spacial score (nSPS) is 10.7. The van der Waals surface area contributed by atoms with Crippen molar-refractivity contribution in [2.45, 2.75) is 11.8 Å². The van der Waals surface area contributed by atoms with E-state index in [4.69, 9.17) is 0 Å². The molecule has 1 heterocycles. The lowest BCUT2D eigenvalue weighted by Gasteiger charge is -2.03. The van der Waals surface area contributed by atoms with Gasteiger partial charge in [-0.15, -0.1) is 11.8 Å². The van der Waals surface area contributed by atoms with Crippen molar-refractivity contribution in [3.05, 3.63) is 54.1 Å². The predicted octanol–water partition coefficient (Wildman–Crippen LogP) is 3.60. The summed E-state index contributed by atoms with van der Waals surface area (Å²) in [4.78, 5) is 13.1. The van der Waals surface area contributed by atoms with Crippen molar-refractivity contribution in [1.29, 1.82) is 0 Å². The molecule has 5 heteroatoms. The zero-order valence-electron chi connectivity index (χ0n) is 11.6. The largest absolute Gasteiger partial charge is 0.308 e. The summed E-state index contributed by atoms with van der Waals surface area (Å²) in [5, 5.41) is 10.8. The van der Waals surface area contributed by atoms with Gasteiger partial charge in [0.2, 0.25) is 5.91 Å². The third kappa shape index (κ3) is 3.25. The fourth-order valence-electron chi connectivity index (χ4n) is 2.01. The zero-order chi connectivity index (χ0) is 14.7. The number of aromatic amines is 1. The van der Waals surface area contributed by atoms with Crippen molar-refractivity contribution < 1.29 is 4.79 Å². The molecule has 2 aromatic carbocycles. The molecule has 21 heavy (non-hydrogen) atoms. The first-order chi connectivity index (χ1) is 10.2. The van der Waals surface area contributed by atoms with Crippen LogP contribution in [0.25, 0.3) is 10.9 Å². The molecule has 0 unspecified atom stereocenters. The zero-order valence-corrected chi connectivity index (χ0v) is 12.4. The second-order valence-corrected chi connectivity index (χ2v) is 5.82. The van der Waals surface area contributed by atoms with E-state index in [1.54, 1.807) is 0 Å². The maximum atomic E-state index is 12.0. The van der Waals surface area contributed by atoms with Crippen LogP contribution < -0.4 is 5.32 Å². The SMILES string of the molecule is Cc1ccc(SCC(=O)Nc2n[nH]c3ccccc23)cc1. The molecule has 0 radical (unpaired) electrons. The molecule has 0 saturated carbocycles. The molecule has 0 aliphatic rings. The number of nitrogens with zero attached hydrogens (tertiary/aromatic N) is 1. The molecular formula is C16H15N3OS. The third-order valence-corrected chi connectivity index (χ3v) is 4.13. The van der Waals surface area contributed by atoms with E-state index in [0.29, 0.717) is 11.6 Å². The molecular weight excluding hydrogens is 282 g/mol. The van der Waals surface area contributed by atoms with E-state index in [1.807, 2.05) is 55.5 Å². The number of carbonyl (C=O) groups excluding carboxylic acids is 1. The van der Waals surface area contributed by atoms with Crippen LogP contribution in [0.4, 0.5) is 5.82 Å². The van der Waals surface area contributed by atoms with Gasteiger partial charge in [-0.05, 0) is 31.2 Å². The van der Waals surface area contributed by atoms with E-state index in [2.05, 4.69) is 15.5 Å². The maximum Gasteiger partial charge on any atom is 0.235 e. The number of nitrogens with one attached hydrogen (secondary N) is 2. The Hall–Kier alpha value is -2.27. The molecule has 0 aliphatic carbocycles. The smallest absolute Gasteiger partial charge is 0.235 e. The first kappa shape index (κ1) is 13.7. The topological polar surface area (TPSA) is 57.8 Å².